The molecule has 0 nitrogen and oxygen atoms in total. The van der Waals surface area contributed by atoms with Crippen molar-refractivity contribution < 1.29 is 0 Å². The van der Waals surface area contributed by atoms with E-state index in [-0.39, 0.29) is 0 Å². The third-order valence-electron chi connectivity index (χ3n) is 0.655. The zero-order chi connectivity index (χ0) is 6.24. The summed E-state index contributed by atoms with van der Waals surface area (Å²) < 4.78 is 0. The van der Waals surface area contributed by atoms with Crippen molar-refractivity contribution in [3.8, 4) is 0 Å². The van der Waals surface area contributed by atoms with Gasteiger partial charge in [0.15, 0.2) is 0 Å². The Morgan fingerprint density at radius 3 is 1.88 bits per heavy atom. The monoisotopic (exact) mass is 108 g/mol. The van der Waals surface area contributed by atoms with Gasteiger partial charge >= 0.3 is 0 Å². The summed E-state index contributed by atoms with van der Waals surface area (Å²) in [6.45, 7) is 5.25. The molecule has 1 aliphatic carbocycles. The smallest absolute Gasteiger partial charge is 0.0163 e. The summed E-state index contributed by atoms with van der Waals surface area (Å²) in [5.74, 6) is 0. The molecule has 8 heavy (non-hydrogen) atoms. The summed E-state index contributed by atoms with van der Waals surface area (Å²) in [7, 11) is 0. The number of rotatable bonds is 0. The van der Waals surface area contributed by atoms with E-state index >= 15 is 0 Å². The Bertz CT molecular complexity index is 86.6. The zero-order valence-corrected chi connectivity index (χ0v) is 5.30. The van der Waals surface area contributed by atoms with Gasteiger partial charge in [0, 0.05) is 0 Å². The molecule has 1 rings (SSSR count). The van der Waals surface area contributed by atoms with E-state index in [0.29, 0.717) is 0 Å². The van der Waals surface area contributed by atoms with Crippen molar-refractivity contribution in [3.63, 3.8) is 0 Å². The van der Waals surface area contributed by atoms with Crippen LogP contribution in [0.15, 0.2) is 37.0 Å². The molecule has 0 aromatic carbocycles. The fraction of sp³-hybridized carbons (Fsp3) is 0.250. The Labute approximate surface area is 51.2 Å². The lowest BCUT2D eigenvalue weighted by molar-refractivity contribution is 1.45. The minimum Gasteiger partial charge on any atom is -0.103 e. The molecule has 0 spiro atoms. The second-order valence-electron chi connectivity index (χ2n) is 1.50. The highest BCUT2D eigenvalue weighted by molar-refractivity contribution is 5.11. The maximum atomic E-state index is 3.36. The van der Waals surface area contributed by atoms with Crippen molar-refractivity contribution in [2.75, 3.05) is 0 Å². The van der Waals surface area contributed by atoms with E-state index in [1.54, 1.807) is 6.08 Å². The molecule has 0 amide bonds. The fourth-order valence-corrected chi connectivity index (χ4v) is 0.393. The lowest BCUT2D eigenvalue weighted by Crippen LogP contribution is -1.37. The summed E-state index contributed by atoms with van der Waals surface area (Å²) in [6.07, 6.45) is 11.2. The van der Waals surface area contributed by atoms with Crippen LogP contribution in [0.2, 0.25) is 0 Å². The molecule has 0 aliphatic heterocycles. The maximum absolute atomic E-state index is 3.36. The van der Waals surface area contributed by atoms with Gasteiger partial charge in [0.25, 0.3) is 0 Å². The molecule has 0 saturated carbocycles. The van der Waals surface area contributed by atoms with Gasteiger partial charge in [-0.3, -0.25) is 0 Å². The Kier molecular flexibility index (Phi) is 5.61. The number of hydrogen-bond acceptors (Lipinski definition) is 0. The largest absolute Gasteiger partial charge is 0.103 e. The van der Waals surface area contributed by atoms with Gasteiger partial charge < -0.3 is 0 Å². The zero-order valence-electron chi connectivity index (χ0n) is 5.30. The fourth-order valence-electron chi connectivity index (χ4n) is 0.393. The second kappa shape index (κ2) is 6.22. The first kappa shape index (κ1) is 7.22. The molecule has 0 bridgehead atoms. The van der Waals surface area contributed by atoms with Crippen molar-refractivity contribution in [2.24, 2.45) is 0 Å². The highest BCUT2D eigenvalue weighted by atomic mass is 13.8. The summed E-state index contributed by atoms with van der Waals surface area (Å²) in [5.41, 5.74) is 0. The number of hydrogen-bond donors (Lipinski definition) is 0. The summed E-state index contributed by atoms with van der Waals surface area (Å²) in [5, 5.41) is 0. The molecule has 0 radical (unpaired) electrons. The highest BCUT2D eigenvalue weighted by Gasteiger charge is 1.72. The summed E-state index contributed by atoms with van der Waals surface area (Å²) >= 11 is 0. The predicted molar refractivity (Wildman–Crippen MR) is 38.8 cm³/mol. The first-order chi connectivity index (χ1) is 3.91. The van der Waals surface area contributed by atoms with Crippen molar-refractivity contribution in [3.05, 3.63) is 37.0 Å². The van der Waals surface area contributed by atoms with Crippen LogP contribution >= 0.6 is 0 Å². The van der Waals surface area contributed by atoms with Crippen molar-refractivity contribution in [1.82, 2.24) is 0 Å². The van der Waals surface area contributed by atoms with Crippen LogP contribution in [-0.4, -0.2) is 0 Å². The molecule has 0 unspecified atom stereocenters. The lowest BCUT2D eigenvalue weighted by Gasteiger charge is -1.57. The quantitative estimate of drug-likeness (QED) is 0.418. The van der Waals surface area contributed by atoms with Crippen LogP contribution in [0.1, 0.15) is 13.3 Å². The lowest BCUT2D eigenvalue weighted by atomic mass is 10.5. The van der Waals surface area contributed by atoms with Crippen LogP contribution in [-0.2, 0) is 0 Å². The van der Waals surface area contributed by atoms with E-state index in [9.17, 15) is 0 Å². The Hall–Kier alpha value is -0.780. The third-order valence-corrected chi connectivity index (χ3v) is 0.655. The molecule has 1 aliphatic rings. The van der Waals surface area contributed by atoms with Crippen LogP contribution in [0.3, 0.4) is 0 Å². The first-order valence-corrected chi connectivity index (χ1v) is 2.80. The minimum atomic E-state index is 1.14. The normalized spacial score (nSPS) is 12.6. The summed E-state index contributed by atoms with van der Waals surface area (Å²) in [6, 6.07) is 0. The van der Waals surface area contributed by atoms with Crippen LogP contribution < -0.4 is 0 Å². The average molecular weight is 108 g/mol. The van der Waals surface area contributed by atoms with Gasteiger partial charge in [-0.05, 0) is 13.3 Å². The molecular weight excluding hydrogens is 96.1 g/mol. The molecule has 0 saturated heterocycles. The van der Waals surface area contributed by atoms with Crippen molar-refractivity contribution >= 4 is 0 Å². The standard InChI is InChI=1S/C5H6.C3H6/c1-2-4-5-3-1;1-3-2/h1-4H,5H2;3H,1H2,2H3. The average Bonchev–Trinajstić information content (AvgIpc) is 2.17. The van der Waals surface area contributed by atoms with Crippen LogP contribution in [0, 0.1) is 0 Å². The molecule has 0 atom stereocenters. The summed E-state index contributed by atoms with van der Waals surface area (Å²) in [4.78, 5) is 0. The van der Waals surface area contributed by atoms with Gasteiger partial charge in [0.05, 0.1) is 0 Å². The van der Waals surface area contributed by atoms with E-state index in [1.165, 1.54) is 0 Å². The molecule has 0 fully saturated rings. The Balaban J connectivity index is 0.000000145. The van der Waals surface area contributed by atoms with Crippen LogP contribution in [0.25, 0.3) is 0 Å². The van der Waals surface area contributed by atoms with E-state index in [2.05, 4.69) is 30.9 Å². The van der Waals surface area contributed by atoms with E-state index < -0.39 is 0 Å². The van der Waals surface area contributed by atoms with Gasteiger partial charge in [-0.2, -0.15) is 0 Å². The third kappa shape index (κ3) is 5.22. The van der Waals surface area contributed by atoms with Gasteiger partial charge in [0.1, 0.15) is 0 Å². The second-order valence-corrected chi connectivity index (χ2v) is 1.50. The van der Waals surface area contributed by atoms with E-state index in [1.807, 2.05) is 6.92 Å². The molecule has 44 valence electrons. The van der Waals surface area contributed by atoms with Gasteiger partial charge in [-0.1, -0.05) is 30.4 Å². The van der Waals surface area contributed by atoms with Gasteiger partial charge in [-0.25, -0.2) is 0 Å². The molecule has 0 aromatic rings. The molecular formula is C8H12. The molecule has 0 heteroatoms. The molecule has 0 N–H and O–H groups in total. The van der Waals surface area contributed by atoms with Crippen molar-refractivity contribution in [1.29, 1.82) is 0 Å². The Morgan fingerprint density at radius 2 is 1.75 bits per heavy atom. The number of allylic oxidation sites excluding steroid dienone is 5. The SMILES string of the molecule is C1=CCC=C1.C=CC. The van der Waals surface area contributed by atoms with Gasteiger partial charge in [-0.15, -0.1) is 6.58 Å². The van der Waals surface area contributed by atoms with Crippen molar-refractivity contribution in [2.45, 2.75) is 13.3 Å². The highest BCUT2D eigenvalue weighted by Crippen LogP contribution is 1.93. The molecule has 0 aromatic heterocycles. The van der Waals surface area contributed by atoms with Crippen LogP contribution in [0.5, 0.6) is 0 Å². The topological polar surface area (TPSA) is 0 Å². The van der Waals surface area contributed by atoms with E-state index in [0.717, 1.165) is 6.42 Å². The van der Waals surface area contributed by atoms with Gasteiger partial charge in [0.2, 0.25) is 0 Å². The minimum absolute atomic E-state index is 1.14. The Morgan fingerprint density at radius 1 is 1.38 bits per heavy atom. The molecule has 0 heterocycles. The maximum Gasteiger partial charge on any atom is -0.0163 e. The first-order valence-electron chi connectivity index (χ1n) is 2.80. The predicted octanol–water partition coefficient (Wildman–Crippen LogP) is 2.69. The van der Waals surface area contributed by atoms with E-state index in [4.69, 9.17) is 0 Å². The van der Waals surface area contributed by atoms with Crippen LogP contribution in [0.4, 0.5) is 0 Å².